The topological polar surface area (TPSA) is 59.9 Å². The number of H-pyrrole nitrogens is 1. The Morgan fingerprint density at radius 3 is 2.76 bits per heavy atom. The monoisotopic (exact) mass is 279 g/mol. The molecule has 0 radical (unpaired) electrons. The van der Waals surface area contributed by atoms with Gasteiger partial charge in [0.1, 0.15) is 11.6 Å². The Balaban J connectivity index is 2.03. The van der Waals surface area contributed by atoms with Crippen LogP contribution in [0.1, 0.15) is 24.1 Å². The third-order valence-corrected chi connectivity index (χ3v) is 3.98. The number of likely N-dealkylation sites (tertiary alicyclic amines) is 1. The van der Waals surface area contributed by atoms with Gasteiger partial charge in [0.05, 0.1) is 0 Å². The number of carbonyl (C=O) groups is 1. The third-order valence-electron chi connectivity index (χ3n) is 3.98. The van der Waals surface area contributed by atoms with Crippen molar-refractivity contribution in [3.8, 4) is 6.07 Å². The summed E-state index contributed by atoms with van der Waals surface area (Å²) in [4.78, 5) is 17.4. The van der Waals surface area contributed by atoms with Crippen molar-refractivity contribution in [2.75, 3.05) is 13.1 Å². The number of nitrogens with one attached hydrogen (secondary N) is 1. The average molecular weight is 279 g/mol. The van der Waals surface area contributed by atoms with Crippen molar-refractivity contribution >= 4 is 22.9 Å². The molecule has 4 nitrogen and oxygen atoms in total. The number of aryl methyl sites for hydroxylation is 1. The lowest BCUT2D eigenvalue weighted by atomic mass is 10.1. The Labute approximate surface area is 123 Å². The molecule has 21 heavy (non-hydrogen) atoms. The Hall–Kier alpha value is -2.54. The minimum atomic E-state index is -0.153. The summed E-state index contributed by atoms with van der Waals surface area (Å²) in [5.41, 5.74) is 3.13. The number of aromatic nitrogens is 1. The summed E-state index contributed by atoms with van der Waals surface area (Å²) >= 11 is 0. The molecule has 2 heterocycles. The third kappa shape index (κ3) is 2.43. The fourth-order valence-corrected chi connectivity index (χ4v) is 2.86. The minimum Gasteiger partial charge on any atom is -0.358 e. The summed E-state index contributed by atoms with van der Waals surface area (Å²) < 4.78 is 0. The Bertz CT molecular complexity index is 758. The number of hydrogen-bond donors (Lipinski definition) is 1. The molecule has 1 fully saturated rings. The van der Waals surface area contributed by atoms with Gasteiger partial charge in [-0.25, -0.2) is 0 Å². The van der Waals surface area contributed by atoms with Crippen LogP contribution >= 0.6 is 0 Å². The Morgan fingerprint density at radius 2 is 2.05 bits per heavy atom. The van der Waals surface area contributed by atoms with Crippen molar-refractivity contribution in [3.05, 3.63) is 41.1 Å². The highest BCUT2D eigenvalue weighted by molar-refractivity contribution is 6.04. The number of rotatable bonds is 2. The van der Waals surface area contributed by atoms with Crippen molar-refractivity contribution < 1.29 is 4.79 Å². The highest BCUT2D eigenvalue weighted by Crippen LogP contribution is 2.25. The quantitative estimate of drug-likeness (QED) is 0.678. The van der Waals surface area contributed by atoms with Gasteiger partial charge in [-0.05, 0) is 31.9 Å². The molecule has 2 aromatic rings. The first kappa shape index (κ1) is 13.4. The number of fused-ring (bicyclic) bond motifs is 1. The maximum Gasteiger partial charge on any atom is 0.264 e. The maximum atomic E-state index is 12.4. The van der Waals surface area contributed by atoms with Crippen LogP contribution in [0.4, 0.5) is 0 Å². The van der Waals surface area contributed by atoms with Crippen molar-refractivity contribution in [3.63, 3.8) is 0 Å². The van der Waals surface area contributed by atoms with Crippen LogP contribution in [0, 0.1) is 18.3 Å². The molecule has 106 valence electrons. The number of para-hydroxylation sites is 1. The first-order valence-corrected chi connectivity index (χ1v) is 7.19. The highest BCUT2D eigenvalue weighted by Gasteiger charge is 2.22. The van der Waals surface area contributed by atoms with E-state index in [1.165, 1.54) is 0 Å². The summed E-state index contributed by atoms with van der Waals surface area (Å²) in [6.45, 7) is 3.47. The number of benzene rings is 1. The molecule has 4 heteroatoms. The van der Waals surface area contributed by atoms with Gasteiger partial charge in [-0.2, -0.15) is 5.26 Å². The van der Waals surface area contributed by atoms with E-state index in [1.807, 2.05) is 31.2 Å². The second-order valence-electron chi connectivity index (χ2n) is 5.38. The number of hydrogen-bond acceptors (Lipinski definition) is 2. The standard InChI is InChI=1S/C17H17N3O/c1-12-15(14-6-2-3-7-16(14)19-12)10-13(11-18)17(21)20-8-4-5-9-20/h2-3,6-7,10,19H,4-5,8-9H2,1H3/b13-10+. The van der Waals surface area contributed by atoms with Crippen LogP contribution in [-0.4, -0.2) is 28.9 Å². The van der Waals surface area contributed by atoms with Gasteiger partial charge in [-0.3, -0.25) is 4.79 Å². The highest BCUT2D eigenvalue weighted by atomic mass is 16.2. The predicted molar refractivity (Wildman–Crippen MR) is 82.4 cm³/mol. The van der Waals surface area contributed by atoms with Crippen molar-refractivity contribution in [1.29, 1.82) is 5.26 Å². The summed E-state index contributed by atoms with van der Waals surface area (Å²) in [7, 11) is 0. The van der Waals surface area contributed by atoms with Crippen LogP contribution in [0.5, 0.6) is 0 Å². The molecule has 1 aromatic heterocycles. The zero-order valence-corrected chi connectivity index (χ0v) is 12.0. The van der Waals surface area contributed by atoms with Crippen molar-refractivity contribution in [2.24, 2.45) is 0 Å². The molecule has 1 aliphatic rings. The molecule has 1 saturated heterocycles. The van der Waals surface area contributed by atoms with Crippen LogP contribution in [-0.2, 0) is 4.79 Å². The first-order chi connectivity index (χ1) is 10.2. The van der Waals surface area contributed by atoms with Gasteiger partial charge in [0.25, 0.3) is 5.91 Å². The Morgan fingerprint density at radius 1 is 1.33 bits per heavy atom. The molecular weight excluding hydrogens is 262 g/mol. The van der Waals surface area contributed by atoms with E-state index in [4.69, 9.17) is 0 Å². The zero-order valence-electron chi connectivity index (χ0n) is 12.0. The second kappa shape index (κ2) is 5.45. The van der Waals surface area contributed by atoms with Gasteiger partial charge in [0, 0.05) is 35.2 Å². The largest absolute Gasteiger partial charge is 0.358 e. The molecular formula is C17H17N3O. The van der Waals surface area contributed by atoms with E-state index < -0.39 is 0 Å². The minimum absolute atomic E-state index is 0.153. The van der Waals surface area contributed by atoms with Gasteiger partial charge in [-0.15, -0.1) is 0 Å². The predicted octanol–water partition coefficient (Wildman–Crippen LogP) is 3.01. The molecule has 0 aliphatic carbocycles. The summed E-state index contributed by atoms with van der Waals surface area (Å²) in [6.07, 6.45) is 3.77. The second-order valence-corrected chi connectivity index (χ2v) is 5.38. The number of aromatic amines is 1. The number of amides is 1. The summed E-state index contributed by atoms with van der Waals surface area (Å²) in [5, 5.41) is 10.4. The van der Waals surface area contributed by atoms with E-state index in [-0.39, 0.29) is 11.5 Å². The lowest BCUT2D eigenvalue weighted by Crippen LogP contribution is -2.28. The molecule has 0 bridgehead atoms. The van der Waals surface area contributed by atoms with Crippen molar-refractivity contribution in [1.82, 2.24) is 9.88 Å². The van der Waals surface area contributed by atoms with E-state index in [2.05, 4.69) is 11.1 Å². The smallest absolute Gasteiger partial charge is 0.264 e. The van der Waals surface area contributed by atoms with Gasteiger partial charge >= 0.3 is 0 Å². The van der Waals surface area contributed by atoms with E-state index in [1.54, 1.807) is 11.0 Å². The molecule has 1 aromatic carbocycles. The van der Waals surface area contributed by atoms with E-state index >= 15 is 0 Å². The van der Waals surface area contributed by atoms with Crippen LogP contribution < -0.4 is 0 Å². The average Bonchev–Trinajstić information content (AvgIpc) is 3.12. The lowest BCUT2D eigenvalue weighted by molar-refractivity contribution is -0.125. The number of carbonyl (C=O) groups excluding carboxylic acids is 1. The van der Waals surface area contributed by atoms with E-state index in [0.29, 0.717) is 0 Å². The van der Waals surface area contributed by atoms with Gasteiger partial charge in [0.15, 0.2) is 0 Å². The molecule has 3 rings (SSSR count). The number of nitrogens with zero attached hydrogens (tertiary/aromatic N) is 2. The molecule has 1 aliphatic heterocycles. The van der Waals surface area contributed by atoms with Crippen LogP contribution in [0.3, 0.4) is 0 Å². The Kier molecular flexibility index (Phi) is 3.49. The van der Waals surface area contributed by atoms with Gasteiger partial charge in [-0.1, -0.05) is 18.2 Å². The maximum absolute atomic E-state index is 12.4. The first-order valence-electron chi connectivity index (χ1n) is 7.19. The summed E-state index contributed by atoms with van der Waals surface area (Å²) in [5.74, 6) is -0.153. The summed E-state index contributed by atoms with van der Waals surface area (Å²) in [6, 6.07) is 9.98. The van der Waals surface area contributed by atoms with Crippen LogP contribution in [0.2, 0.25) is 0 Å². The fourth-order valence-electron chi connectivity index (χ4n) is 2.86. The molecule has 0 saturated carbocycles. The van der Waals surface area contributed by atoms with Gasteiger partial charge < -0.3 is 9.88 Å². The normalized spacial score (nSPS) is 15.4. The molecule has 1 N–H and O–H groups in total. The van der Waals surface area contributed by atoms with Crippen LogP contribution in [0.25, 0.3) is 17.0 Å². The van der Waals surface area contributed by atoms with Crippen molar-refractivity contribution in [2.45, 2.75) is 19.8 Å². The zero-order chi connectivity index (χ0) is 14.8. The van der Waals surface area contributed by atoms with Crippen LogP contribution in [0.15, 0.2) is 29.8 Å². The number of nitriles is 1. The van der Waals surface area contributed by atoms with E-state index in [0.717, 1.165) is 48.1 Å². The molecule has 0 spiro atoms. The van der Waals surface area contributed by atoms with Gasteiger partial charge in [0.2, 0.25) is 0 Å². The van der Waals surface area contributed by atoms with E-state index in [9.17, 15) is 10.1 Å². The fraction of sp³-hybridized carbons (Fsp3) is 0.294. The molecule has 0 unspecified atom stereocenters. The molecule has 1 amide bonds. The lowest BCUT2D eigenvalue weighted by Gasteiger charge is -2.14. The SMILES string of the molecule is Cc1[nH]c2ccccc2c1/C=C(\C#N)C(=O)N1CCCC1. The molecule has 0 atom stereocenters.